The molecular weight excluding hydrogens is 513 g/mol. The second-order valence-corrected chi connectivity index (χ2v) is 8.61. The van der Waals surface area contributed by atoms with Crippen LogP contribution in [-0.2, 0) is 0 Å². The number of aliphatic imine (C=N–C) groups is 1. The number of carbonyl (C=O) groups is 1. The SMILES string of the molecule is COc1cnc(-c2cc(Cl)ccc2F)nc1Nc1ccncc1C(=O)NCCCN/C(=N\C#N)NC(C)C. The van der Waals surface area contributed by atoms with Gasteiger partial charge in [-0.1, -0.05) is 11.6 Å². The third kappa shape index (κ3) is 7.75. The van der Waals surface area contributed by atoms with E-state index in [1.165, 1.54) is 43.9 Å². The number of pyridine rings is 1. The maximum absolute atomic E-state index is 14.4. The van der Waals surface area contributed by atoms with Crippen LogP contribution in [0.3, 0.4) is 0 Å². The lowest BCUT2D eigenvalue weighted by Crippen LogP contribution is -2.41. The van der Waals surface area contributed by atoms with E-state index < -0.39 is 5.82 Å². The first-order valence-corrected chi connectivity index (χ1v) is 12.0. The molecule has 0 unspecified atom stereocenters. The molecule has 2 aromatic heterocycles. The molecule has 0 aliphatic carbocycles. The summed E-state index contributed by atoms with van der Waals surface area (Å²) in [5.41, 5.74) is 0.801. The van der Waals surface area contributed by atoms with Crippen LogP contribution in [0.2, 0.25) is 5.02 Å². The maximum Gasteiger partial charge on any atom is 0.254 e. The van der Waals surface area contributed by atoms with Crippen molar-refractivity contribution in [3.8, 4) is 23.3 Å². The highest BCUT2D eigenvalue weighted by Crippen LogP contribution is 2.30. The summed E-state index contributed by atoms with van der Waals surface area (Å²) in [5, 5.41) is 21.1. The Hall–Kier alpha value is -4.50. The van der Waals surface area contributed by atoms with Gasteiger partial charge >= 0.3 is 0 Å². The number of hydrogen-bond acceptors (Lipinski definition) is 8. The van der Waals surface area contributed by atoms with Gasteiger partial charge in [0.2, 0.25) is 12.2 Å². The van der Waals surface area contributed by atoms with Crippen LogP contribution in [-0.4, -0.2) is 53.1 Å². The maximum atomic E-state index is 14.4. The molecule has 1 amide bonds. The number of nitrogens with zero attached hydrogens (tertiary/aromatic N) is 5. The van der Waals surface area contributed by atoms with Crippen molar-refractivity contribution in [3.63, 3.8) is 0 Å². The Morgan fingerprint density at radius 3 is 2.76 bits per heavy atom. The molecule has 0 saturated heterocycles. The number of nitrogens with one attached hydrogen (secondary N) is 4. The summed E-state index contributed by atoms with van der Waals surface area (Å²) in [5.74, 6) is 0.0880. The van der Waals surface area contributed by atoms with E-state index in [-0.39, 0.29) is 40.5 Å². The summed E-state index contributed by atoms with van der Waals surface area (Å²) in [6.45, 7) is 4.71. The van der Waals surface area contributed by atoms with Gasteiger partial charge in [0.1, 0.15) is 5.82 Å². The summed E-state index contributed by atoms with van der Waals surface area (Å²) in [7, 11) is 1.45. The van der Waals surface area contributed by atoms with Gasteiger partial charge in [-0.15, -0.1) is 4.99 Å². The van der Waals surface area contributed by atoms with Gasteiger partial charge in [-0.05, 0) is 44.5 Å². The second kappa shape index (κ2) is 13.7. The molecule has 0 bridgehead atoms. The number of ether oxygens (including phenoxy) is 1. The molecule has 198 valence electrons. The molecule has 4 N–H and O–H groups in total. The molecule has 2 heterocycles. The van der Waals surface area contributed by atoms with E-state index in [1.54, 1.807) is 12.3 Å². The number of hydrogen-bond donors (Lipinski definition) is 4. The Kier molecular flexibility index (Phi) is 10.1. The van der Waals surface area contributed by atoms with Crippen LogP contribution in [0.1, 0.15) is 30.6 Å². The molecule has 0 fully saturated rings. The van der Waals surface area contributed by atoms with Crippen LogP contribution in [0, 0.1) is 17.3 Å². The van der Waals surface area contributed by atoms with Crippen LogP contribution in [0.25, 0.3) is 11.4 Å². The zero-order valence-corrected chi connectivity index (χ0v) is 21.8. The number of halogens is 2. The van der Waals surface area contributed by atoms with E-state index in [2.05, 4.69) is 41.2 Å². The lowest BCUT2D eigenvalue weighted by molar-refractivity contribution is 0.0954. The first kappa shape index (κ1) is 28.1. The number of anilines is 2. The fourth-order valence-corrected chi connectivity index (χ4v) is 3.43. The van der Waals surface area contributed by atoms with Gasteiger partial charge in [0.05, 0.1) is 30.1 Å². The minimum absolute atomic E-state index is 0.0899. The lowest BCUT2D eigenvalue weighted by Gasteiger charge is -2.15. The first-order chi connectivity index (χ1) is 18.3. The van der Waals surface area contributed by atoms with Crippen LogP contribution in [0.5, 0.6) is 5.75 Å². The van der Waals surface area contributed by atoms with Gasteiger partial charge in [0.15, 0.2) is 17.4 Å². The predicted molar refractivity (Wildman–Crippen MR) is 143 cm³/mol. The third-order valence-electron chi connectivity index (χ3n) is 4.98. The van der Waals surface area contributed by atoms with Crippen molar-refractivity contribution in [2.45, 2.75) is 26.3 Å². The van der Waals surface area contributed by atoms with Gasteiger partial charge in [-0.3, -0.25) is 9.78 Å². The summed E-state index contributed by atoms with van der Waals surface area (Å²) in [6.07, 6.45) is 6.66. The number of guanidine groups is 1. The Bertz CT molecular complexity index is 1340. The monoisotopic (exact) mass is 539 g/mol. The third-order valence-corrected chi connectivity index (χ3v) is 5.22. The van der Waals surface area contributed by atoms with Gasteiger partial charge in [-0.2, -0.15) is 5.26 Å². The number of rotatable bonds is 10. The fourth-order valence-electron chi connectivity index (χ4n) is 3.26. The van der Waals surface area contributed by atoms with Crippen molar-refractivity contribution in [1.82, 2.24) is 30.9 Å². The van der Waals surface area contributed by atoms with Crippen molar-refractivity contribution in [2.24, 2.45) is 4.99 Å². The van der Waals surface area contributed by atoms with E-state index in [1.807, 2.05) is 13.8 Å². The standard InChI is InChI=1S/C25H27ClFN9O2/c1-15(2)34-25(33-14-28)31-9-4-8-30-24(37)18-12-29-10-7-20(18)35-23-21(38-3)13-32-22(36-23)17-11-16(26)5-6-19(17)27/h5-7,10-13,15H,4,8-9H2,1-3H3,(H,30,37)(H2,31,33,34)(H,29,32,35,36). The van der Waals surface area contributed by atoms with Crippen LogP contribution in [0.4, 0.5) is 15.9 Å². The van der Waals surface area contributed by atoms with Gasteiger partial charge < -0.3 is 26.0 Å². The number of aromatic nitrogens is 3. The Labute approximate surface area is 224 Å². The minimum Gasteiger partial charge on any atom is -0.491 e. The molecule has 1 aromatic carbocycles. The van der Waals surface area contributed by atoms with E-state index in [0.29, 0.717) is 36.2 Å². The largest absolute Gasteiger partial charge is 0.491 e. The van der Waals surface area contributed by atoms with Gasteiger partial charge in [-0.25, -0.2) is 14.4 Å². The molecule has 0 atom stereocenters. The van der Waals surface area contributed by atoms with Crippen molar-refractivity contribution >= 4 is 35.0 Å². The molecule has 38 heavy (non-hydrogen) atoms. The Balaban J connectivity index is 1.70. The molecule has 0 spiro atoms. The number of carbonyl (C=O) groups excluding carboxylic acids is 1. The summed E-state index contributed by atoms with van der Waals surface area (Å²) in [4.78, 5) is 29.2. The van der Waals surface area contributed by atoms with Crippen molar-refractivity contribution < 1.29 is 13.9 Å². The Morgan fingerprint density at radius 1 is 1.24 bits per heavy atom. The van der Waals surface area contributed by atoms with Crippen molar-refractivity contribution in [1.29, 1.82) is 5.26 Å². The molecule has 3 rings (SSSR count). The highest BCUT2D eigenvalue weighted by atomic mass is 35.5. The van der Waals surface area contributed by atoms with Gasteiger partial charge in [0, 0.05) is 36.5 Å². The smallest absolute Gasteiger partial charge is 0.254 e. The van der Waals surface area contributed by atoms with E-state index in [0.717, 1.165) is 0 Å². The molecule has 0 saturated carbocycles. The minimum atomic E-state index is -0.532. The quantitative estimate of drug-likeness (QED) is 0.131. The van der Waals surface area contributed by atoms with Gasteiger partial charge in [0.25, 0.3) is 5.91 Å². The fraction of sp³-hybridized carbons (Fsp3) is 0.280. The average molecular weight is 540 g/mol. The number of methoxy groups -OCH3 is 1. The van der Waals surface area contributed by atoms with Crippen LogP contribution >= 0.6 is 11.6 Å². The summed E-state index contributed by atoms with van der Waals surface area (Å²) < 4.78 is 19.7. The predicted octanol–water partition coefficient (Wildman–Crippen LogP) is 3.63. The molecule has 3 aromatic rings. The molecule has 0 radical (unpaired) electrons. The number of benzene rings is 1. The van der Waals surface area contributed by atoms with Crippen LogP contribution in [0.15, 0.2) is 47.8 Å². The Morgan fingerprint density at radius 2 is 2.03 bits per heavy atom. The molecular formula is C25H27ClFN9O2. The average Bonchev–Trinajstić information content (AvgIpc) is 2.89. The number of nitriles is 1. The highest BCUT2D eigenvalue weighted by Gasteiger charge is 2.17. The molecule has 0 aliphatic heterocycles. The lowest BCUT2D eigenvalue weighted by atomic mass is 10.2. The highest BCUT2D eigenvalue weighted by molar-refractivity contribution is 6.30. The van der Waals surface area contributed by atoms with Crippen molar-refractivity contribution in [2.75, 3.05) is 25.5 Å². The van der Waals surface area contributed by atoms with Crippen LogP contribution < -0.4 is 26.0 Å². The van der Waals surface area contributed by atoms with E-state index >= 15 is 0 Å². The topological polar surface area (TPSA) is 149 Å². The summed E-state index contributed by atoms with van der Waals surface area (Å²) >= 11 is 6.02. The summed E-state index contributed by atoms with van der Waals surface area (Å²) in [6, 6.07) is 5.82. The zero-order valence-electron chi connectivity index (χ0n) is 21.0. The van der Waals surface area contributed by atoms with Crippen molar-refractivity contribution in [3.05, 3.63) is 59.3 Å². The molecule has 11 nitrogen and oxygen atoms in total. The normalized spacial score (nSPS) is 11.0. The molecule has 0 aliphatic rings. The second-order valence-electron chi connectivity index (χ2n) is 8.18. The molecule has 13 heteroatoms. The number of amides is 1. The van der Waals surface area contributed by atoms with E-state index in [9.17, 15) is 9.18 Å². The first-order valence-electron chi connectivity index (χ1n) is 11.6. The zero-order chi connectivity index (χ0) is 27.5. The van der Waals surface area contributed by atoms with E-state index in [4.69, 9.17) is 21.6 Å².